The Morgan fingerprint density at radius 3 is 2.85 bits per heavy atom. The predicted octanol–water partition coefficient (Wildman–Crippen LogP) is 4.01. The summed E-state index contributed by atoms with van der Waals surface area (Å²) >= 11 is 3.50. The normalized spacial score (nSPS) is 21.5. The minimum atomic E-state index is -0.459. The molecule has 1 unspecified atom stereocenters. The van der Waals surface area contributed by atoms with Crippen LogP contribution in [0.3, 0.4) is 0 Å². The first kappa shape index (κ1) is 17.2. The van der Waals surface area contributed by atoms with Crippen molar-refractivity contribution in [2.45, 2.75) is 37.9 Å². The van der Waals surface area contributed by atoms with Crippen molar-refractivity contribution in [3.8, 4) is 11.3 Å². The summed E-state index contributed by atoms with van der Waals surface area (Å²) < 4.78 is 27.7. The molecule has 1 aliphatic carbocycles. The SMILES string of the molecule is Cc1c(-c2cccc(F)c2)nc(Br)c2nc(C3CCC4(C3)OCCO4)nn12. The Labute approximate surface area is 163 Å². The number of rotatable bonds is 2. The van der Waals surface area contributed by atoms with Crippen LogP contribution >= 0.6 is 15.9 Å². The predicted molar refractivity (Wildman–Crippen MR) is 99.8 cm³/mol. The Hall–Kier alpha value is -1.90. The summed E-state index contributed by atoms with van der Waals surface area (Å²) in [6, 6.07) is 6.41. The van der Waals surface area contributed by atoms with Crippen LogP contribution in [0.1, 0.15) is 36.7 Å². The summed E-state index contributed by atoms with van der Waals surface area (Å²) in [7, 11) is 0. The van der Waals surface area contributed by atoms with Gasteiger partial charge in [0.1, 0.15) is 5.82 Å². The van der Waals surface area contributed by atoms with E-state index >= 15 is 0 Å². The fourth-order valence-electron chi connectivity index (χ4n) is 4.06. The number of halogens is 2. The quantitative estimate of drug-likeness (QED) is 0.611. The van der Waals surface area contributed by atoms with Gasteiger partial charge in [-0.05, 0) is 41.4 Å². The van der Waals surface area contributed by atoms with Crippen LogP contribution in [0.25, 0.3) is 16.9 Å². The van der Waals surface area contributed by atoms with Crippen LogP contribution in [0.5, 0.6) is 0 Å². The minimum Gasteiger partial charge on any atom is -0.348 e. The van der Waals surface area contributed by atoms with Crippen molar-refractivity contribution in [2.24, 2.45) is 0 Å². The van der Waals surface area contributed by atoms with E-state index in [4.69, 9.17) is 19.6 Å². The Morgan fingerprint density at radius 2 is 2.07 bits per heavy atom. The summed E-state index contributed by atoms with van der Waals surface area (Å²) in [6.45, 7) is 3.22. The average Bonchev–Trinajstić information content (AvgIpc) is 3.39. The fraction of sp³-hybridized carbons (Fsp3) is 0.421. The Morgan fingerprint density at radius 1 is 1.26 bits per heavy atom. The Bertz CT molecular complexity index is 1030. The van der Waals surface area contributed by atoms with E-state index in [0.717, 1.165) is 30.8 Å². The molecular weight excluding hydrogens is 415 g/mol. The smallest absolute Gasteiger partial charge is 0.188 e. The maximum absolute atomic E-state index is 13.7. The van der Waals surface area contributed by atoms with Gasteiger partial charge in [0.15, 0.2) is 21.9 Å². The Balaban J connectivity index is 1.56. The van der Waals surface area contributed by atoms with Crippen molar-refractivity contribution in [2.75, 3.05) is 13.2 Å². The number of hydrogen-bond donors (Lipinski definition) is 0. The van der Waals surface area contributed by atoms with Gasteiger partial charge >= 0.3 is 0 Å². The molecule has 1 spiro atoms. The highest BCUT2D eigenvalue weighted by Gasteiger charge is 2.45. The van der Waals surface area contributed by atoms with E-state index in [1.165, 1.54) is 12.1 Å². The van der Waals surface area contributed by atoms with Crippen LogP contribution < -0.4 is 0 Å². The summed E-state index contributed by atoms with van der Waals surface area (Å²) in [5.74, 6) is 0.205. The fourth-order valence-corrected chi connectivity index (χ4v) is 4.49. The Kier molecular flexibility index (Phi) is 4.03. The van der Waals surface area contributed by atoms with Gasteiger partial charge in [-0.2, -0.15) is 5.10 Å². The monoisotopic (exact) mass is 432 g/mol. The number of nitrogens with zero attached hydrogens (tertiary/aromatic N) is 4. The highest BCUT2D eigenvalue weighted by atomic mass is 79.9. The molecule has 2 aromatic heterocycles. The van der Waals surface area contributed by atoms with Crippen molar-refractivity contribution < 1.29 is 13.9 Å². The lowest BCUT2D eigenvalue weighted by molar-refractivity contribution is -0.151. The van der Waals surface area contributed by atoms with E-state index in [1.807, 2.05) is 13.0 Å². The zero-order valence-electron chi connectivity index (χ0n) is 14.8. The third-order valence-corrected chi connectivity index (χ3v) is 5.92. The first-order valence-corrected chi connectivity index (χ1v) is 9.81. The van der Waals surface area contributed by atoms with Gasteiger partial charge in [-0.15, -0.1) is 0 Å². The lowest BCUT2D eigenvalue weighted by Gasteiger charge is -2.20. The van der Waals surface area contributed by atoms with Gasteiger partial charge in [0.25, 0.3) is 0 Å². The molecule has 1 saturated heterocycles. The van der Waals surface area contributed by atoms with Crippen molar-refractivity contribution in [3.63, 3.8) is 0 Å². The molecule has 6 nitrogen and oxygen atoms in total. The van der Waals surface area contributed by atoms with Crippen molar-refractivity contribution in [3.05, 3.63) is 46.2 Å². The zero-order valence-corrected chi connectivity index (χ0v) is 16.4. The van der Waals surface area contributed by atoms with E-state index in [0.29, 0.717) is 34.7 Å². The van der Waals surface area contributed by atoms with Crippen molar-refractivity contribution in [1.29, 1.82) is 0 Å². The highest BCUT2D eigenvalue weighted by molar-refractivity contribution is 9.10. The average molecular weight is 433 g/mol. The first-order chi connectivity index (χ1) is 13.0. The molecule has 3 heterocycles. The molecule has 1 aliphatic heterocycles. The highest BCUT2D eigenvalue weighted by Crippen LogP contribution is 2.45. The molecule has 27 heavy (non-hydrogen) atoms. The summed E-state index contributed by atoms with van der Waals surface area (Å²) in [6.07, 6.45) is 2.56. The summed E-state index contributed by atoms with van der Waals surface area (Å²) in [4.78, 5) is 9.32. The molecule has 1 aromatic carbocycles. The van der Waals surface area contributed by atoms with E-state index in [1.54, 1.807) is 10.6 Å². The molecule has 1 saturated carbocycles. The van der Waals surface area contributed by atoms with Crippen LogP contribution in [0.4, 0.5) is 4.39 Å². The number of aryl methyl sites for hydroxylation is 1. The molecule has 0 amide bonds. The van der Waals surface area contributed by atoms with Gasteiger partial charge in [-0.3, -0.25) is 0 Å². The van der Waals surface area contributed by atoms with E-state index < -0.39 is 5.79 Å². The maximum atomic E-state index is 13.7. The number of hydrogen-bond acceptors (Lipinski definition) is 5. The summed E-state index contributed by atoms with van der Waals surface area (Å²) in [5, 5.41) is 4.75. The van der Waals surface area contributed by atoms with Crippen molar-refractivity contribution in [1.82, 2.24) is 19.6 Å². The van der Waals surface area contributed by atoms with Gasteiger partial charge < -0.3 is 9.47 Å². The van der Waals surface area contributed by atoms with Crippen molar-refractivity contribution >= 4 is 21.6 Å². The third kappa shape index (κ3) is 2.86. The van der Waals surface area contributed by atoms with E-state index in [9.17, 15) is 4.39 Å². The molecule has 2 fully saturated rings. The van der Waals surface area contributed by atoms with Crippen LogP contribution in [0, 0.1) is 12.7 Å². The molecular formula is C19H18BrFN4O2. The van der Waals surface area contributed by atoms with Crippen LogP contribution in [0.2, 0.25) is 0 Å². The largest absolute Gasteiger partial charge is 0.348 e. The molecule has 0 bridgehead atoms. The maximum Gasteiger partial charge on any atom is 0.188 e. The molecule has 5 rings (SSSR count). The third-order valence-electron chi connectivity index (χ3n) is 5.39. The molecule has 1 atom stereocenters. The standard InChI is InChI=1S/C19H18BrFN4O2/c1-11-15(12-3-2-4-14(21)9-12)22-16(20)18-23-17(24-25(11)18)13-5-6-19(10-13)26-7-8-27-19/h2-4,9,13H,5-8,10H2,1H3. The van der Waals surface area contributed by atoms with Crippen LogP contribution in [-0.4, -0.2) is 38.6 Å². The van der Waals surface area contributed by atoms with E-state index in [-0.39, 0.29) is 11.7 Å². The molecule has 0 radical (unpaired) electrons. The van der Waals surface area contributed by atoms with E-state index in [2.05, 4.69) is 20.9 Å². The molecule has 8 heteroatoms. The summed E-state index contributed by atoms with van der Waals surface area (Å²) in [5.41, 5.74) is 2.87. The van der Waals surface area contributed by atoms with Gasteiger partial charge in [0.05, 0.1) is 24.6 Å². The van der Waals surface area contributed by atoms with Crippen LogP contribution in [0.15, 0.2) is 28.9 Å². The number of aromatic nitrogens is 4. The topological polar surface area (TPSA) is 61.5 Å². The second-order valence-electron chi connectivity index (χ2n) is 7.10. The zero-order chi connectivity index (χ0) is 18.6. The van der Waals surface area contributed by atoms with Crippen LogP contribution in [-0.2, 0) is 9.47 Å². The number of benzene rings is 1. The molecule has 2 aliphatic rings. The second-order valence-corrected chi connectivity index (χ2v) is 7.85. The first-order valence-electron chi connectivity index (χ1n) is 9.01. The number of fused-ring (bicyclic) bond motifs is 1. The van der Waals surface area contributed by atoms with Gasteiger partial charge in [0, 0.05) is 24.3 Å². The second kappa shape index (κ2) is 6.32. The lowest BCUT2D eigenvalue weighted by Crippen LogP contribution is -2.25. The molecule has 3 aromatic rings. The lowest BCUT2D eigenvalue weighted by atomic mass is 10.1. The molecule has 0 N–H and O–H groups in total. The van der Waals surface area contributed by atoms with Gasteiger partial charge in [0.2, 0.25) is 0 Å². The number of ether oxygens (including phenoxy) is 2. The van der Waals surface area contributed by atoms with Gasteiger partial charge in [-0.25, -0.2) is 18.9 Å². The molecule has 140 valence electrons. The minimum absolute atomic E-state index is 0.187. The van der Waals surface area contributed by atoms with Gasteiger partial charge in [-0.1, -0.05) is 12.1 Å².